The second-order valence-corrected chi connectivity index (χ2v) is 7.16. The van der Waals surface area contributed by atoms with E-state index in [1.807, 2.05) is 6.20 Å². The molecule has 23 heavy (non-hydrogen) atoms. The summed E-state index contributed by atoms with van der Waals surface area (Å²) in [6.45, 7) is 4.58. The first kappa shape index (κ1) is 15.0. The molecule has 1 N–H and O–H groups in total. The Kier molecular flexibility index (Phi) is 4.25. The molecule has 4 nitrogen and oxygen atoms in total. The molecule has 0 spiro atoms. The molecule has 1 unspecified atom stereocenters. The third-order valence-electron chi connectivity index (χ3n) is 5.69. The molecule has 1 aliphatic heterocycles. The van der Waals surface area contributed by atoms with Gasteiger partial charge in [-0.25, -0.2) is 0 Å². The SMILES string of the molecule is Cc1c(OC2CCCN(C3CCCC3)CC2)ccc2[nH]ncc12. The zero-order valence-corrected chi connectivity index (χ0v) is 14.1. The van der Waals surface area contributed by atoms with Gasteiger partial charge in [-0.2, -0.15) is 5.10 Å². The first-order valence-corrected chi connectivity index (χ1v) is 9.14. The summed E-state index contributed by atoms with van der Waals surface area (Å²) in [4.78, 5) is 2.72. The Labute approximate surface area is 138 Å². The molecular weight excluding hydrogens is 286 g/mol. The molecule has 2 heterocycles. The molecule has 0 amide bonds. The Morgan fingerprint density at radius 1 is 1.09 bits per heavy atom. The highest BCUT2D eigenvalue weighted by molar-refractivity contribution is 5.83. The van der Waals surface area contributed by atoms with E-state index in [4.69, 9.17) is 4.74 Å². The number of aromatic amines is 1. The van der Waals surface area contributed by atoms with E-state index in [1.54, 1.807) is 0 Å². The van der Waals surface area contributed by atoms with Crippen molar-refractivity contribution in [1.82, 2.24) is 15.1 Å². The molecule has 1 aromatic heterocycles. The van der Waals surface area contributed by atoms with Crippen LogP contribution in [0.1, 0.15) is 50.5 Å². The minimum absolute atomic E-state index is 0.351. The van der Waals surface area contributed by atoms with Gasteiger partial charge in [-0.15, -0.1) is 0 Å². The standard InChI is InChI=1S/C19H27N3O/c1-14-17-13-20-21-18(17)8-9-19(14)23-16-7-4-11-22(12-10-16)15-5-2-3-6-15/h8-9,13,15-16H,2-7,10-12H2,1H3,(H,20,21). The second-order valence-electron chi connectivity index (χ2n) is 7.16. The second kappa shape index (κ2) is 6.52. The van der Waals surface area contributed by atoms with Crippen LogP contribution in [-0.2, 0) is 0 Å². The van der Waals surface area contributed by atoms with Gasteiger partial charge < -0.3 is 9.64 Å². The number of hydrogen-bond acceptors (Lipinski definition) is 3. The van der Waals surface area contributed by atoms with Gasteiger partial charge in [0.05, 0.1) is 17.8 Å². The maximum Gasteiger partial charge on any atom is 0.123 e. The van der Waals surface area contributed by atoms with Gasteiger partial charge in [-0.3, -0.25) is 5.10 Å². The highest BCUT2D eigenvalue weighted by atomic mass is 16.5. The topological polar surface area (TPSA) is 41.1 Å². The Morgan fingerprint density at radius 2 is 1.96 bits per heavy atom. The van der Waals surface area contributed by atoms with Crippen LogP contribution in [-0.4, -0.2) is 40.3 Å². The largest absolute Gasteiger partial charge is 0.490 e. The van der Waals surface area contributed by atoms with E-state index in [0.717, 1.165) is 23.7 Å². The van der Waals surface area contributed by atoms with Gasteiger partial charge in [0.1, 0.15) is 5.75 Å². The summed E-state index contributed by atoms with van der Waals surface area (Å²) in [7, 11) is 0. The minimum atomic E-state index is 0.351. The van der Waals surface area contributed by atoms with Crippen molar-refractivity contribution in [3.63, 3.8) is 0 Å². The number of aromatic nitrogens is 2. The van der Waals surface area contributed by atoms with E-state index in [1.165, 1.54) is 62.6 Å². The van der Waals surface area contributed by atoms with E-state index < -0.39 is 0 Å². The van der Waals surface area contributed by atoms with Gasteiger partial charge in [0.2, 0.25) is 0 Å². The predicted molar refractivity (Wildman–Crippen MR) is 92.9 cm³/mol. The molecule has 4 rings (SSSR count). The van der Waals surface area contributed by atoms with Crippen LogP contribution >= 0.6 is 0 Å². The third-order valence-corrected chi connectivity index (χ3v) is 5.69. The van der Waals surface area contributed by atoms with E-state index >= 15 is 0 Å². The van der Waals surface area contributed by atoms with Crippen LogP contribution in [0, 0.1) is 6.92 Å². The lowest BCUT2D eigenvalue weighted by Gasteiger charge is -2.27. The summed E-state index contributed by atoms with van der Waals surface area (Å²) in [5, 5.41) is 8.33. The van der Waals surface area contributed by atoms with Crippen LogP contribution in [0.4, 0.5) is 0 Å². The van der Waals surface area contributed by atoms with Crippen molar-refractivity contribution in [2.75, 3.05) is 13.1 Å². The molecule has 4 heteroatoms. The Bertz CT molecular complexity index is 660. The highest BCUT2D eigenvalue weighted by Crippen LogP contribution is 2.30. The van der Waals surface area contributed by atoms with Crippen LogP contribution in [0.2, 0.25) is 0 Å². The number of H-pyrrole nitrogens is 1. The zero-order valence-electron chi connectivity index (χ0n) is 14.1. The summed E-state index contributed by atoms with van der Waals surface area (Å²) in [6.07, 6.45) is 11.5. The lowest BCUT2D eigenvalue weighted by Crippen LogP contribution is -2.34. The zero-order chi connectivity index (χ0) is 15.6. The lowest BCUT2D eigenvalue weighted by atomic mass is 10.1. The van der Waals surface area contributed by atoms with Crippen LogP contribution in [0.5, 0.6) is 5.75 Å². The summed E-state index contributed by atoms with van der Waals surface area (Å²) in [5.41, 5.74) is 2.29. The number of aryl methyl sites for hydroxylation is 1. The molecule has 2 aliphatic rings. The molecule has 124 valence electrons. The molecule has 2 fully saturated rings. The number of nitrogens with one attached hydrogen (secondary N) is 1. The number of fused-ring (bicyclic) bond motifs is 1. The van der Waals surface area contributed by atoms with Gasteiger partial charge in [0, 0.05) is 23.5 Å². The van der Waals surface area contributed by atoms with Crippen LogP contribution in [0.3, 0.4) is 0 Å². The Balaban J connectivity index is 1.42. The fourth-order valence-corrected chi connectivity index (χ4v) is 4.29. The highest BCUT2D eigenvalue weighted by Gasteiger charge is 2.26. The van der Waals surface area contributed by atoms with E-state index in [9.17, 15) is 0 Å². The van der Waals surface area contributed by atoms with Gasteiger partial charge in [-0.1, -0.05) is 12.8 Å². The van der Waals surface area contributed by atoms with E-state index in [-0.39, 0.29) is 0 Å². The molecule has 1 saturated carbocycles. The van der Waals surface area contributed by atoms with Crippen molar-refractivity contribution >= 4 is 10.9 Å². The summed E-state index contributed by atoms with van der Waals surface area (Å²) < 4.78 is 6.39. The van der Waals surface area contributed by atoms with Crippen molar-refractivity contribution in [2.24, 2.45) is 0 Å². The molecule has 1 aromatic carbocycles. The monoisotopic (exact) mass is 313 g/mol. The maximum absolute atomic E-state index is 6.39. The van der Waals surface area contributed by atoms with E-state index in [0.29, 0.717) is 6.10 Å². The third kappa shape index (κ3) is 3.09. The number of nitrogens with zero attached hydrogens (tertiary/aromatic N) is 2. The van der Waals surface area contributed by atoms with Crippen LogP contribution in [0.25, 0.3) is 10.9 Å². The molecule has 0 radical (unpaired) electrons. The average Bonchev–Trinajstić information content (AvgIpc) is 3.20. The first-order valence-electron chi connectivity index (χ1n) is 9.14. The normalized spacial score (nSPS) is 24.1. The summed E-state index contributed by atoms with van der Waals surface area (Å²) in [6, 6.07) is 5.01. The fourth-order valence-electron chi connectivity index (χ4n) is 4.29. The number of benzene rings is 1. The van der Waals surface area contributed by atoms with E-state index in [2.05, 4.69) is 34.2 Å². The van der Waals surface area contributed by atoms with Gasteiger partial charge >= 0.3 is 0 Å². The Morgan fingerprint density at radius 3 is 2.83 bits per heavy atom. The quantitative estimate of drug-likeness (QED) is 0.929. The van der Waals surface area contributed by atoms with Crippen LogP contribution < -0.4 is 4.74 Å². The molecule has 2 aromatic rings. The molecule has 0 bridgehead atoms. The van der Waals surface area contributed by atoms with Crippen LogP contribution in [0.15, 0.2) is 18.3 Å². The average molecular weight is 313 g/mol. The van der Waals surface area contributed by atoms with Crippen molar-refractivity contribution in [2.45, 2.75) is 64.0 Å². The van der Waals surface area contributed by atoms with Crippen molar-refractivity contribution in [3.8, 4) is 5.75 Å². The predicted octanol–water partition coefficient (Wildman–Crippen LogP) is 4.05. The molecule has 1 saturated heterocycles. The fraction of sp³-hybridized carbons (Fsp3) is 0.632. The number of likely N-dealkylation sites (tertiary alicyclic amines) is 1. The first-order chi connectivity index (χ1) is 11.3. The molecule has 1 atom stereocenters. The van der Waals surface area contributed by atoms with Crippen molar-refractivity contribution in [3.05, 3.63) is 23.9 Å². The van der Waals surface area contributed by atoms with Crippen molar-refractivity contribution in [1.29, 1.82) is 0 Å². The smallest absolute Gasteiger partial charge is 0.123 e. The number of rotatable bonds is 3. The van der Waals surface area contributed by atoms with Gasteiger partial charge in [0.15, 0.2) is 0 Å². The lowest BCUT2D eigenvalue weighted by molar-refractivity contribution is 0.167. The maximum atomic E-state index is 6.39. The van der Waals surface area contributed by atoms with Crippen molar-refractivity contribution < 1.29 is 4.74 Å². The summed E-state index contributed by atoms with van der Waals surface area (Å²) in [5.74, 6) is 1.03. The number of ether oxygens (including phenoxy) is 1. The molecular formula is C19H27N3O. The minimum Gasteiger partial charge on any atom is -0.490 e. The summed E-state index contributed by atoms with van der Waals surface area (Å²) >= 11 is 0. The molecule has 1 aliphatic carbocycles. The van der Waals surface area contributed by atoms with Gasteiger partial charge in [0.25, 0.3) is 0 Å². The van der Waals surface area contributed by atoms with Gasteiger partial charge in [-0.05, 0) is 57.7 Å². The number of hydrogen-bond donors (Lipinski definition) is 1. The Hall–Kier alpha value is -1.55.